The van der Waals surface area contributed by atoms with Gasteiger partial charge in [-0.25, -0.2) is 4.98 Å². The molecule has 0 bridgehead atoms. The van der Waals surface area contributed by atoms with Crippen LogP contribution < -0.4 is 10.1 Å². The summed E-state index contributed by atoms with van der Waals surface area (Å²) in [6, 6.07) is 25.6. The molecule has 0 aliphatic heterocycles. The molecule has 1 heterocycles. The van der Waals surface area contributed by atoms with Crippen LogP contribution in [0, 0.1) is 0 Å². The van der Waals surface area contributed by atoms with Gasteiger partial charge in [-0.1, -0.05) is 62.4 Å². The van der Waals surface area contributed by atoms with Gasteiger partial charge in [-0.3, -0.25) is 4.79 Å². The van der Waals surface area contributed by atoms with Gasteiger partial charge in [0.1, 0.15) is 11.6 Å². The summed E-state index contributed by atoms with van der Waals surface area (Å²) in [6.45, 7) is 6.26. The molecule has 1 aromatic heterocycles. The molecule has 0 saturated heterocycles. The third-order valence-corrected chi connectivity index (χ3v) is 5.75. The van der Waals surface area contributed by atoms with Crippen LogP contribution in [0.1, 0.15) is 54.4 Å². The third-order valence-electron chi connectivity index (χ3n) is 5.75. The van der Waals surface area contributed by atoms with E-state index in [2.05, 4.69) is 41.9 Å². The summed E-state index contributed by atoms with van der Waals surface area (Å²) in [6.07, 6.45) is 1.90. The van der Waals surface area contributed by atoms with Crippen LogP contribution in [0.2, 0.25) is 0 Å². The number of para-hydroxylation sites is 3. The number of rotatable bonds is 10. The quantitative estimate of drug-likeness (QED) is 0.310. The summed E-state index contributed by atoms with van der Waals surface area (Å²) in [4.78, 5) is 17.3. The molecule has 0 radical (unpaired) electrons. The molecule has 0 aliphatic carbocycles. The molecule has 0 atom stereocenters. The molecule has 5 heteroatoms. The number of carbonyl (C=O) groups is 1. The number of fused-ring (bicyclic) bond motifs is 1. The molecule has 3 aromatic carbocycles. The Morgan fingerprint density at radius 1 is 0.939 bits per heavy atom. The van der Waals surface area contributed by atoms with E-state index in [1.165, 1.54) is 5.56 Å². The van der Waals surface area contributed by atoms with Crippen LogP contribution in [0.15, 0.2) is 78.9 Å². The van der Waals surface area contributed by atoms with E-state index >= 15 is 0 Å². The first-order valence-corrected chi connectivity index (χ1v) is 11.6. The van der Waals surface area contributed by atoms with Gasteiger partial charge in [-0.2, -0.15) is 0 Å². The Morgan fingerprint density at radius 2 is 1.67 bits per heavy atom. The lowest BCUT2D eigenvalue weighted by Crippen LogP contribution is -2.24. The van der Waals surface area contributed by atoms with Crippen LogP contribution in [0.3, 0.4) is 0 Å². The number of ether oxygens (including phenoxy) is 1. The van der Waals surface area contributed by atoms with Crippen molar-refractivity contribution in [1.29, 1.82) is 0 Å². The van der Waals surface area contributed by atoms with Crippen molar-refractivity contribution in [3.05, 3.63) is 95.8 Å². The van der Waals surface area contributed by atoms with Crippen molar-refractivity contribution >= 4 is 16.9 Å². The molecule has 33 heavy (non-hydrogen) atoms. The second kappa shape index (κ2) is 10.8. The van der Waals surface area contributed by atoms with E-state index in [0.29, 0.717) is 24.6 Å². The summed E-state index contributed by atoms with van der Waals surface area (Å²) < 4.78 is 8.29. The van der Waals surface area contributed by atoms with Crippen molar-refractivity contribution in [3.63, 3.8) is 0 Å². The molecule has 1 N–H and O–H groups in total. The van der Waals surface area contributed by atoms with Gasteiger partial charge in [0.2, 0.25) is 0 Å². The first kappa shape index (κ1) is 22.6. The Bertz CT molecular complexity index is 1200. The topological polar surface area (TPSA) is 56.1 Å². The van der Waals surface area contributed by atoms with Crippen molar-refractivity contribution in [1.82, 2.24) is 14.9 Å². The minimum atomic E-state index is -0.0913. The van der Waals surface area contributed by atoms with Crippen molar-refractivity contribution in [2.45, 2.75) is 45.7 Å². The van der Waals surface area contributed by atoms with Crippen LogP contribution in [0.25, 0.3) is 11.0 Å². The predicted molar refractivity (Wildman–Crippen MR) is 133 cm³/mol. The monoisotopic (exact) mass is 441 g/mol. The van der Waals surface area contributed by atoms with E-state index in [-0.39, 0.29) is 5.91 Å². The molecule has 1 amide bonds. The number of benzene rings is 3. The highest BCUT2D eigenvalue weighted by molar-refractivity contribution is 5.94. The number of hydrogen-bond donors (Lipinski definition) is 1. The predicted octanol–water partition coefficient (Wildman–Crippen LogP) is 5.95. The molecule has 5 nitrogen and oxygen atoms in total. The maximum Gasteiger partial charge on any atom is 0.251 e. The fourth-order valence-corrected chi connectivity index (χ4v) is 4.00. The van der Waals surface area contributed by atoms with E-state index in [0.717, 1.165) is 42.0 Å². The van der Waals surface area contributed by atoms with Gasteiger partial charge in [0, 0.05) is 12.1 Å². The van der Waals surface area contributed by atoms with Gasteiger partial charge >= 0.3 is 0 Å². The first-order valence-electron chi connectivity index (χ1n) is 11.6. The summed E-state index contributed by atoms with van der Waals surface area (Å²) in [7, 11) is 0. The molecule has 0 unspecified atom stereocenters. The van der Waals surface area contributed by atoms with Gasteiger partial charge in [-0.05, 0) is 54.7 Å². The summed E-state index contributed by atoms with van der Waals surface area (Å²) in [5.74, 6) is 2.19. The minimum absolute atomic E-state index is 0.0913. The molecule has 0 fully saturated rings. The highest BCUT2D eigenvalue weighted by atomic mass is 16.5. The Morgan fingerprint density at radius 3 is 2.48 bits per heavy atom. The maximum atomic E-state index is 12.5. The van der Waals surface area contributed by atoms with Gasteiger partial charge in [0.25, 0.3) is 5.91 Å². The molecule has 0 spiro atoms. The average molecular weight is 442 g/mol. The number of unbranched alkanes of at least 4 members (excludes halogenated alkanes) is 1. The fourth-order valence-electron chi connectivity index (χ4n) is 4.00. The fraction of sp³-hybridized carbons (Fsp3) is 0.286. The van der Waals surface area contributed by atoms with Crippen LogP contribution >= 0.6 is 0 Å². The van der Waals surface area contributed by atoms with E-state index in [9.17, 15) is 4.79 Å². The Labute approximate surface area is 195 Å². The van der Waals surface area contributed by atoms with Gasteiger partial charge in [0.05, 0.1) is 24.2 Å². The normalized spacial score (nSPS) is 11.1. The molecule has 4 aromatic rings. The van der Waals surface area contributed by atoms with Crippen molar-refractivity contribution in [3.8, 4) is 5.75 Å². The Hall–Kier alpha value is -3.60. The number of hydrogen-bond acceptors (Lipinski definition) is 3. The number of aryl methyl sites for hydroxylation is 1. The number of imidazole rings is 1. The largest absolute Gasteiger partial charge is 0.493 e. The van der Waals surface area contributed by atoms with Crippen LogP contribution in [0.5, 0.6) is 5.75 Å². The van der Waals surface area contributed by atoms with Crippen molar-refractivity contribution in [2.75, 3.05) is 6.61 Å². The van der Waals surface area contributed by atoms with E-state index in [1.807, 2.05) is 60.7 Å². The second-order valence-electron chi connectivity index (χ2n) is 8.47. The zero-order chi connectivity index (χ0) is 23.0. The summed E-state index contributed by atoms with van der Waals surface area (Å²) >= 11 is 0. The number of nitrogens with one attached hydrogen (secondary N) is 1. The van der Waals surface area contributed by atoms with Crippen molar-refractivity contribution in [2.24, 2.45) is 0 Å². The van der Waals surface area contributed by atoms with E-state index in [4.69, 9.17) is 9.72 Å². The number of aromatic nitrogens is 2. The van der Waals surface area contributed by atoms with E-state index in [1.54, 1.807) is 0 Å². The van der Waals surface area contributed by atoms with Gasteiger partial charge < -0.3 is 14.6 Å². The lowest BCUT2D eigenvalue weighted by Gasteiger charge is -2.14. The molecule has 0 saturated carbocycles. The highest BCUT2D eigenvalue weighted by Crippen LogP contribution is 2.26. The number of amides is 1. The number of carbonyl (C=O) groups excluding carboxylic acids is 1. The van der Waals surface area contributed by atoms with Crippen LogP contribution in [0.4, 0.5) is 0 Å². The average Bonchev–Trinajstić information content (AvgIpc) is 3.20. The minimum Gasteiger partial charge on any atom is -0.493 e. The Kier molecular flexibility index (Phi) is 7.40. The highest BCUT2D eigenvalue weighted by Gasteiger charge is 2.12. The first-order chi connectivity index (χ1) is 16.1. The van der Waals surface area contributed by atoms with Gasteiger partial charge in [0.15, 0.2) is 0 Å². The molecule has 4 rings (SSSR count). The maximum absolute atomic E-state index is 12.5. The molecular weight excluding hydrogens is 410 g/mol. The van der Waals surface area contributed by atoms with Crippen LogP contribution in [-0.4, -0.2) is 22.1 Å². The zero-order valence-electron chi connectivity index (χ0n) is 19.3. The van der Waals surface area contributed by atoms with E-state index < -0.39 is 0 Å². The summed E-state index contributed by atoms with van der Waals surface area (Å²) in [5, 5.41) is 3.01. The Balaban J connectivity index is 1.37. The summed E-state index contributed by atoms with van der Waals surface area (Å²) in [5.41, 5.74) is 3.93. The lowest BCUT2D eigenvalue weighted by molar-refractivity contribution is 0.0949. The second-order valence-corrected chi connectivity index (χ2v) is 8.47. The van der Waals surface area contributed by atoms with Crippen LogP contribution in [-0.2, 0) is 13.1 Å². The number of nitrogens with zero attached hydrogens (tertiary/aromatic N) is 2. The SMILES string of the molecule is CC(C)c1ccccc1OCCCCn1c(CNC(=O)c2ccccc2)nc2ccccc21. The molecule has 0 aliphatic rings. The third kappa shape index (κ3) is 5.61. The standard InChI is InChI=1S/C28H31N3O2/c1-21(2)23-14-6-9-17-26(23)33-19-11-10-18-31-25-16-8-7-15-24(25)30-27(31)20-29-28(32)22-12-4-3-5-13-22/h3-9,12-17,21H,10-11,18-20H2,1-2H3,(H,29,32). The lowest BCUT2D eigenvalue weighted by atomic mass is 10.0. The molecular formula is C28H31N3O2. The van der Waals surface area contributed by atoms with Gasteiger partial charge in [-0.15, -0.1) is 0 Å². The zero-order valence-corrected chi connectivity index (χ0v) is 19.3. The van der Waals surface area contributed by atoms with Crippen molar-refractivity contribution < 1.29 is 9.53 Å². The smallest absolute Gasteiger partial charge is 0.251 e. The molecule has 170 valence electrons.